The average molecular weight is 197 g/mol. The maximum Gasteiger partial charge on any atom is 0.407 e. The zero-order valence-electron chi connectivity index (χ0n) is 7.55. The Hall–Kier alpha value is -1.79. The molecule has 1 aromatic heterocycles. The molecule has 14 heavy (non-hydrogen) atoms. The normalized spacial score (nSPS) is 16.1. The van der Waals surface area contributed by atoms with Gasteiger partial charge in [-0.2, -0.15) is 4.98 Å². The van der Waals surface area contributed by atoms with Crippen LogP contribution in [0, 0.1) is 0 Å². The maximum atomic E-state index is 10.8. The first kappa shape index (κ1) is 8.79. The zero-order chi connectivity index (χ0) is 10.1. The second-order valence-electron chi connectivity index (χ2n) is 3.17. The average Bonchev–Trinajstić information content (AvgIpc) is 2.32. The Morgan fingerprint density at radius 3 is 3.00 bits per heavy atom. The fraction of sp³-hybridized carbons (Fsp3) is 0.571. The number of aryl methyl sites for hydroxylation is 1. The van der Waals surface area contributed by atoms with Gasteiger partial charge in [-0.05, 0) is 6.42 Å². The van der Waals surface area contributed by atoms with Gasteiger partial charge in [0.1, 0.15) is 5.82 Å². The van der Waals surface area contributed by atoms with Crippen LogP contribution in [0.2, 0.25) is 0 Å². The third-order valence-corrected chi connectivity index (χ3v) is 2.17. The number of rotatable bonds is 0. The predicted molar refractivity (Wildman–Crippen MR) is 47.5 cm³/mol. The number of carboxylic acid groups (broad SMARTS) is 1. The first-order chi connectivity index (χ1) is 6.66. The summed E-state index contributed by atoms with van der Waals surface area (Å²) in [6.45, 7) is 1.45. The highest BCUT2D eigenvalue weighted by Crippen LogP contribution is 2.10. The molecule has 0 saturated heterocycles. The molecule has 0 aliphatic carbocycles. The van der Waals surface area contributed by atoms with Crippen LogP contribution in [0.25, 0.3) is 0 Å². The van der Waals surface area contributed by atoms with E-state index in [0.29, 0.717) is 18.9 Å². The molecule has 1 aromatic rings. The number of nitrogens with two attached hydrogens (primary N) is 1. The van der Waals surface area contributed by atoms with Gasteiger partial charge in [0.2, 0.25) is 5.95 Å². The van der Waals surface area contributed by atoms with E-state index < -0.39 is 6.09 Å². The summed E-state index contributed by atoms with van der Waals surface area (Å²) >= 11 is 0. The first-order valence-electron chi connectivity index (χ1n) is 4.34. The number of nitrogen functional groups attached to an aromatic ring is 1. The van der Waals surface area contributed by atoms with Gasteiger partial charge in [-0.25, -0.2) is 9.48 Å². The van der Waals surface area contributed by atoms with Crippen LogP contribution in [0.1, 0.15) is 12.2 Å². The largest absolute Gasteiger partial charge is 0.465 e. The standard InChI is InChI=1S/C7H11N5O2/c8-6-9-5-4-11(7(13)14)2-1-3-12(5)10-6/h1-4H2,(H2,8,10)(H,13,14). The molecule has 7 nitrogen and oxygen atoms in total. The van der Waals surface area contributed by atoms with E-state index in [2.05, 4.69) is 10.1 Å². The van der Waals surface area contributed by atoms with Gasteiger partial charge in [-0.15, -0.1) is 5.10 Å². The molecule has 3 N–H and O–H groups in total. The van der Waals surface area contributed by atoms with Crippen LogP contribution >= 0.6 is 0 Å². The van der Waals surface area contributed by atoms with E-state index in [1.165, 1.54) is 4.90 Å². The fourth-order valence-corrected chi connectivity index (χ4v) is 1.51. The molecule has 0 aromatic carbocycles. The molecular formula is C7H11N5O2. The number of fused-ring (bicyclic) bond motifs is 1. The van der Waals surface area contributed by atoms with Crippen molar-refractivity contribution in [3.05, 3.63) is 5.82 Å². The molecule has 0 atom stereocenters. The summed E-state index contributed by atoms with van der Waals surface area (Å²) in [4.78, 5) is 16.0. The Labute approximate surface area is 80.1 Å². The molecule has 0 radical (unpaired) electrons. The second kappa shape index (κ2) is 3.17. The van der Waals surface area contributed by atoms with Crippen molar-refractivity contribution < 1.29 is 9.90 Å². The minimum Gasteiger partial charge on any atom is -0.465 e. The number of nitrogens with zero attached hydrogens (tertiary/aromatic N) is 4. The van der Waals surface area contributed by atoms with Gasteiger partial charge in [0.15, 0.2) is 0 Å². The Kier molecular flexibility index (Phi) is 1.99. The van der Waals surface area contributed by atoms with Gasteiger partial charge in [0.05, 0.1) is 6.54 Å². The highest BCUT2D eigenvalue weighted by Gasteiger charge is 2.20. The van der Waals surface area contributed by atoms with Crippen LogP contribution in [0.3, 0.4) is 0 Å². The van der Waals surface area contributed by atoms with E-state index >= 15 is 0 Å². The third-order valence-electron chi connectivity index (χ3n) is 2.17. The van der Waals surface area contributed by atoms with Gasteiger partial charge in [0.25, 0.3) is 0 Å². The fourth-order valence-electron chi connectivity index (χ4n) is 1.51. The van der Waals surface area contributed by atoms with E-state index in [1.807, 2.05) is 0 Å². The summed E-state index contributed by atoms with van der Waals surface area (Å²) in [6, 6.07) is 0. The molecule has 2 rings (SSSR count). The number of hydrogen-bond donors (Lipinski definition) is 2. The van der Waals surface area contributed by atoms with Crippen molar-refractivity contribution >= 4 is 12.0 Å². The second-order valence-corrected chi connectivity index (χ2v) is 3.17. The van der Waals surface area contributed by atoms with Crippen molar-refractivity contribution in [2.45, 2.75) is 19.5 Å². The maximum absolute atomic E-state index is 10.8. The highest BCUT2D eigenvalue weighted by atomic mass is 16.4. The number of carbonyl (C=O) groups is 1. The molecule has 1 aliphatic heterocycles. The number of anilines is 1. The zero-order valence-corrected chi connectivity index (χ0v) is 7.55. The van der Waals surface area contributed by atoms with Crippen molar-refractivity contribution in [1.82, 2.24) is 19.7 Å². The third kappa shape index (κ3) is 1.48. The lowest BCUT2D eigenvalue weighted by Gasteiger charge is -2.14. The lowest BCUT2D eigenvalue weighted by atomic mass is 10.4. The molecule has 1 amide bonds. The van der Waals surface area contributed by atoms with Crippen molar-refractivity contribution in [2.24, 2.45) is 0 Å². The van der Waals surface area contributed by atoms with E-state index in [0.717, 1.165) is 6.42 Å². The monoisotopic (exact) mass is 197 g/mol. The number of hydrogen-bond acceptors (Lipinski definition) is 4. The highest BCUT2D eigenvalue weighted by molar-refractivity contribution is 5.64. The summed E-state index contributed by atoms with van der Waals surface area (Å²) in [6.07, 6.45) is -0.192. The van der Waals surface area contributed by atoms with Crippen molar-refractivity contribution in [2.75, 3.05) is 12.3 Å². The topological polar surface area (TPSA) is 97.3 Å². The van der Waals surface area contributed by atoms with Gasteiger partial charge >= 0.3 is 6.09 Å². The van der Waals surface area contributed by atoms with Crippen LogP contribution < -0.4 is 5.73 Å². The summed E-state index contributed by atoms with van der Waals surface area (Å²) in [5, 5.41) is 12.8. The Morgan fingerprint density at radius 2 is 2.29 bits per heavy atom. The molecule has 0 saturated carbocycles. The van der Waals surface area contributed by atoms with Crippen LogP contribution in [0.15, 0.2) is 0 Å². The number of amides is 1. The predicted octanol–water partition coefficient (Wildman–Crippen LogP) is -0.256. The molecule has 2 heterocycles. The summed E-state index contributed by atoms with van der Waals surface area (Å²) in [5.74, 6) is 0.814. The Balaban J connectivity index is 2.25. The lowest BCUT2D eigenvalue weighted by Crippen LogP contribution is -2.29. The van der Waals surface area contributed by atoms with Gasteiger partial charge < -0.3 is 15.7 Å². The quantitative estimate of drug-likeness (QED) is 0.597. The molecule has 0 fully saturated rings. The molecular weight excluding hydrogens is 186 g/mol. The summed E-state index contributed by atoms with van der Waals surface area (Å²) in [5.41, 5.74) is 5.42. The summed E-state index contributed by atoms with van der Waals surface area (Å²) < 4.78 is 1.66. The first-order valence-corrected chi connectivity index (χ1v) is 4.34. The molecule has 7 heteroatoms. The molecule has 1 aliphatic rings. The molecule has 0 spiro atoms. The minimum atomic E-state index is -0.931. The van der Waals surface area contributed by atoms with Gasteiger partial charge in [-0.1, -0.05) is 0 Å². The van der Waals surface area contributed by atoms with Crippen LogP contribution in [-0.2, 0) is 13.1 Å². The Morgan fingerprint density at radius 1 is 1.50 bits per heavy atom. The van der Waals surface area contributed by atoms with E-state index in [1.54, 1.807) is 4.68 Å². The Bertz CT molecular complexity index is 361. The lowest BCUT2D eigenvalue weighted by molar-refractivity contribution is 0.142. The van der Waals surface area contributed by atoms with E-state index in [4.69, 9.17) is 10.8 Å². The van der Waals surface area contributed by atoms with Crippen molar-refractivity contribution in [3.8, 4) is 0 Å². The van der Waals surface area contributed by atoms with E-state index in [-0.39, 0.29) is 12.5 Å². The molecule has 76 valence electrons. The minimum absolute atomic E-state index is 0.201. The number of aromatic nitrogens is 3. The van der Waals surface area contributed by atoms with Crippen molar-refractivity contribution in [3.63, 3.8) is 0 Å². The van der Waals surface area contributed by atoms with Gasteiger partial charge in [-0.3, -0.25) is 0 Å². The van der Waals surface area contributed by atoms with Gasteiger partial charge in [0, 0.05) is 13.1 Å². The van der Waals surface area contributed by atoms with Crippen LogP contribution in [-0.4, -0.2) is 37.4 Å². The van der Waals surface area contributed by atoms with E-state index in [9.17, 15) is 4.79 Å². The smallest absolute Gasteiger partial charge is 0.407 e. The SMILES string of the molecule is Nc1nc2n(n1)CCCN(C(=O)O)C2. The van der Waals surface area contributed by atoms with Crippen LogP contribution in [0.5, 0.6) is 0 Å². The van der Waals surface area contributed by atoms with Crippen molar-refractivity contribution in [1.29, 1.82) is 0 Å². The van der Waals surface area contributed by atoms with Crippen LogP contribution in [0.4, 0.5) is 10.7 Å². The molecule has 0 bridgehead atoms. The molecule has 0 unspecified atom stereocenters. The summed E-state index contributed by atoms with van der Waals surface area (Å²) in [7, 11) is 0.